The maximum atomic E-state index is 11.8. The van der Waals surface area contributed by atoms with Gasteiger partial charge in [0.1, 0.15) is 0 Å². The van der Waals surface area contributed by atoms with Gasteiger partial charge >= 0.3 is 0 Å². The summed E-state index contributed by atoms with van der Waals surface area (Å²) in [7, 11) is 1.51. The van der Waals surface area contributed by atoms with Gasteiger partial charge in [0.25, 0.3) is 0 Å². The predicted molar refractivity (Wildman–Crippen MR) is 69.0 cm³/mol. The van der Waals surface area contributed by atoms with E-state index in [0.717, 1.165) is 5.56 Å². The van der Waals surface area contributed by atoms with Crippen LogP contribution in [0.1, 0.15) is 5.56 Å². The zero-order valence-corrected chi connectivity index (χ0v) is 10.5. The standard InChI is InChI=1S/C13H20N2O3/c1-18-9-11(8-16)15-13(17)12(14)7-10-5-3-2-4-6-10/h2-6,11-12,16H,7-9,14H2,1H3,(H,15,17). The molecule has 0 saturated heterocycles. The number of hydrogen-bond acceptors (Lipinski definition) is 4. The SMILES string of the molecule is COCC(CO)NC(=O)C(N)Cc1ccccc1. The molecule has 5 nitrogen and oxygen atoms in total. The van der Waals surface area contributed by atoms with Crippen molar-refractivity contribution in [1.82, 2.24) is 5.32 Å². The van der Waals surface area contributed by atoms with Gasteiger partial charge in [-0.2, -0.15) is 0 Å². The van der Waals surface area contributed by atoms with Crippen molar-refractivity contribution in [3.05, 3.63) is 35.9 Å². The second-order valence-corrected chi connectivity index (χ2v) is 4.14. The summed E-state index contributed by atoms with van der Waals surface area (Å²) in [5.41, 5.74) is 6.82. The quantitative estimate of drug-likeness (QED) is 0.621. The van der Waals surface area contributed by atoms with Crippen LogP contribution >= 0.6 is 0 Å². The zero-order valence-electron chi connectivity index (χ0n) is 10.5. The Hall–Kier alpha value is -1.43. The number of nitrogens with two attached hydrogens (primary N) is 1. The summed E-state index contributed by atoms with van der Waals surface area (Å²) in [4.78, 5) is 11.8. The van der Waals surface area contributed by atoms with E-state index in [-0.39, 0.29) is 19.1 Å². The van der Waals surface area contributed by atoms with Crippen molar-refractivity contribution in [3.63, 3.8) is 0 Å². The van der Waals surface area contributed by atoms with E-state index in [1.807, 2.05) is 30.3 Å². The van der Waals surface area contributed by atoms with Crippen LogP contribution < -0.4 is 11.1 Å². The highest BCUT2D eigenvalue weighted by Crippen LogP contribution is 2.02. The number of hydrogen-bond donors (Lipinski definition) is 3. The van der Waals surface area contributed by atoms with E-state index in [1.54, 1.807) is 0 Å². The molecule has 0 aromatic heterocycles. The van der Waals surface area contributed by atoms with Gasteiger partial charge in [0.05, 0.1) is 25.3 Å². The second kappa shape index (κ2) is 7.81. The van der Waals surface area contributed by atoms with Crippen molar-refractivity contribution in [3.8, 4) is 0 Å². The number of ether oxygens (including phenoxy) is 1. The fourth-order valence-electron chi connectivity index (χ4n) is 1.61. The fourth-order valence-corrected chi connectivity index (χ4v) is 1.61. The number of carbonyl (C=O) groups excluding carboxylic acids is 1. The molecule has 2 unspecified atom stereocenters. The molecule has 4 N–H and O–H groups in total. The van der Waals surface area contributed by atoms with E-state index in [1.165, 1.54) is 7.11 Å². The molecule has 1 aromatic rings. The second-order valence-electron chi connectivity index (χ2n) is 4.14. The molecule has 1 amide bonds. The summed E-state index contributed by atoms with van der Waals surface area (Å²) < 4.78 is 4.88. The van der Waals surface area contributed by atoms with E-state index in [0.29, 0.717) is 6.42 Å². The largest absolute Gasteiger partial charge is 0.394 e. The number of amides is 1. The van der Waals surface area contributed by atoms with E-state index in [9.17, 15) is 4.79 Å². The Balaban J connectivity index is 2.46. The summed E-state index contributed by atoms with van der Waals surface area (Å²) in [5.74, 6) is -0.282. The van der Waals surface area contributed by atoms with Gasteiger partial charge in [0, 0.05) is 7.11 Å². The predicted octanol–water partition coefficient (Wildman–Crippen LogP) is -0.320. The molecule has 0 heterocycles. The molecule has 0 spiro atoms. The lowest BCUT2D eigenvalue weighted by Gasteiger charge is -2.18. The molecule has 1 aromatic carbocycles. The molecule has 1 rings (SSSR count). The van der Waals surface area contributed by atoms with Crippen LogP contribution in [0.5, 0.6) is 0 Å². The summed E-state index contributed by atoms with van der Waals surface area (Å²) in [6.45, 7) is 0.0952. The van der Waals surface area contributed by atoms with Crippen LogP contribution in [0.2, 0.25) is 0 Å². The number of aliphatic hydroxyl groups is 1. The number of carbonyl (C=O) groups is 1. The normalized spacial score (nSPS) is 13.9. The smallest absolute Gasteiger partial charge is 0.237 e. The zero-order chi connectivity index (χ0) is 13.4. The fraction of sp³-hybridized carbons (Fsp3) is 0.462. The van der Waals surface area contributed by atoms with Crippen LogP contribution in [-0.2, 0) is 16.0 Å². The maximum absolute atomic E-state index is 11.8. The molecule has 0 aliphatic heterocycles. The van der Waals surface area contributed by atoms with Crippen molar-refractivity contribution in [2.75, 3.05) is 20.3 Å². The molecule has 0 aliphatic rings. The summed E-state index contributed by atoms with van der Waals surface area (Å²) in [5, 5.41) is 11.7. The molecule has 5 heteroatoms. The third-order valence-electron chi connectivity index (χ3n) is 2.57. The van der Waals surface area contributed by atoms with Crippen LogP contribution in [0.3, 0.4) is 0 Å². The van der Waals surface area contributed by atoms with Crippen molar-refractivity contribution >= 4 is 5.91 Å². The Bertz CT molecular complexity index is 357. The summed E-state index contributed by atoms with van der Waals surface area (Å²) >= 11 is 0. The third kappa shape index (κ3) is 4.83. The molecular weight excluding hydrogens is 232 g/mol. The van der Waals surface area contributed by atoms with Crippen LogP contribution in [0.15, 0.2) is 30.3 Å². The van der Waals surface area contributed by atoms with E-state index in [2.05, 4.69) is 5.32 Å². The molecule has 100 valence electrons. The average Bonchev–Trinajstić information content (AvgIpc) is 2.39. The van der Waals surface area contributed by atoms with Crippen molar-refractivity contribution in [2.24, 2.45) is 5.73 Å². The van der Waals surface area contributed by atoms with Gasteiger partial charge in [-0.3, -0.25) is 4.79 Å². The summed E-state index contributed by atoms with van der Waals surface area (Å²) in [6, 6.07) is 8.53. The van der Waals surface area contributed by atoms with Crippen molar-refractivity contribution in [1.29, 1.82) is 0 Å². The Kier molecular flexibility index (Phi) is 6.35. The first-order chi connectivity index (χ1) is 8.67. The van der Waals surface area contributed by atoms with Crippen LogP contribution in [0, 0.1) is 0 Å². The van der Waals surface area contributed by atoms with Gasteiger partial charge in [-0.15, -0.1) is 0 Å². The topological polar surface area (TPSA) is 84.6 Å². The lowest BCUT2D eigenvalue weighted by molar-refractivity contribution is -0.123. The molecule has 0 saturated carbocycles. The van der Waals surface area contributed by atoms with Gasteiger partial charge in [0.15, 0.2) is 0 Å². The highest BCUT2D eigenvalue weighted by molar-refractivity contribution is 5.82. The monoisotopic (exact) mass is 252 g/mol. The Morgan fingerprint density at radius 1 is 1.44 bits per heavy atom. The van der Waals surface area contributed by atoms with Crippen LogP contribution in [-0.4, -0.2) is 43.4 Å². The molecular formula is C13H20N2O3. The number of benzene rings is 1. The minimum Gasteiger partial charge on any atom is -0.394 e. The Labute approximate surface area is 107 Å². The van der Waals surface area contributed by atoms with Crippen molar-refractivity contribution in [2.45, 2.75) is 18.5 Å². The molecule has 2 atom stereocenters. The first kappa shape index (κ1) is 14.6. The highest BCUT2D eigenvalue weighted by atomic mass is 16.5. The van der Waals surface area contributed by atoms with Crippen LogP contribution in [0.25, 0.3) is 0 Å². The van der Waals surface area contributed by atoms with Gasteiger partial charge in [-0.25, -0.2) is 0 Å². The van der Waals surface area contributed by atoms with Crippen LogP contribution in [0.4, 0.5) is 0 Å². The molecule has 0 radical (unpaired) electrons. The maximum Gasteiger partial charge on any atom is 0.237 e. The lowest BCUT2D eigenvalue weighted by atomic mass is 10.1. The first-order valence-corrected chi connectivity index (χ1v) is 5.87. The van der Waals surface area contributed by atoms with Gasteiger partial charge in [-0.05, 0) is 12.0 Å². The number of nitrogens with one attached hydrogen (secondary N) is 1. The number of methoxy groups -OCH3 is 1. The highest BCUT2D eigenvalue weighted by Gasteiger charge is 2.17. The first-order valence-electron chi connectivity index (χ1n) is 5.87. The van der Waals surface area contributed by atoms with Gasteiger partial charge in [0.2, 0.25) is 5.91 Å². The third-order valence-corrected chi connectivity index (χ3v) is 2.57. The number of rotatable bonds is 7. The van der Waals surface area contributed by atoms with Crippen molar-refractivity contribution < 1.29 is 14.6 Å². The Morgan fingerprint density at radius 3 is 2.67 bits per heavy atom. The van der Waals surface area contributed by atoms with Gasteiger partial charge in [-0.1, -0.05) is 30.3 Å². The minimum atomic E-state index is -0.627. The number of aliphatic hydroxyl groups excluding tert-OH is 1. The van der Waals surface area contributed by atoms with E-state index in [4.69, 9.17) is 15.6 Å². The molecule has 0 aliphatic carbocycles. The molecule has 0 bridgehead atoms. The minimum absolute atomic E-state index is 0.169. The Morgan fingerprint density at radius 2 is 2.11 bits per heavy atom. The lowest BCUT2D eigenvalue weighted by Crippen LogP contribution is -2.49. The van der Waals surface area contributed by atoms with Gasteiger partial charge < -0.3 is 20.9 Å². The summed E-state index contributed by atoms with van der Waals surface area (Å²) in [6.07, 6.45) is 0.470. The van der Waals surface area contributed by atoms with E-state index >= 15 is 0 Å². The van der Waals surface area contributed by atoms with E-state index < -0.39 is 12.1 Å². The molecule has 0 fully saturated rings. The molecule has 18 heavy (non-hydrogen) atoms. The average molecular weight is 252 g/mol.